The molecule has 0 radical (unpaired) electrons. The van der Waals surface area contributed by atoms with Crippen LogP contribution in [0.5, 0.6) is 0 Å². The highest BCUT2D eigenvalue weighted by molar-refractivity contribution is 6.10. The van der Waals surface area contributed by atoms with Gasteiger partial charge in [-0.3, -0.25) is 14.5 Å². The van der Waals surface area contributed by atoms with Crippen molar-refractivity contribution in [3.63, 3.8) is 0 Å². The van der Waals surface area contributed by atoms with Crippen LogP contribution < -0.4 is 10.6 Å². The number of carbonyl (C=O) groups is 3. The van der Waals surface area contributed by atoms with Gasteiger partial charge in [0.25, 0.3) is 5.91 Å². The summed E-state index contributed by atoms with van der Waals surface area (Å²) >= 11 is 0. The number of imide groups is 1. The molecular weight excluding hydrogens is 339 g/mol. The largest absolute Gasteiger partial charge is 0.416 e. The third kappa shape index (κ3) is 3.31. The third-order valence-electron chi connectivity index (χ3n) is 4.47. The Kier molecular flexibility index (Phi) is 3.97. The Labute approximate surface area is 141 Å². The number of nitrogens with one attached hydrogen (secondary N) is 2. The number of benzene rings is 1. The number of alkyl halides is 3. The van der Waals surface area contributed by atoms with E-state index < -0.39 is 41.7 Å². The fourth-order valence-corrected chi connectivity index (χ4v) is 2.91. The van der Waals surface area contributed by atoms with Crippen molar-refractivity contribution in [2.75, 3.05) is 11.9 Å². The first kappa shape index (κ1) is 17.2. The number of halogens is 3. The van der Waals surface area contributed by atoms with Gasteiger partial charge in [0.1, 0.15) is 12.1 Å². The number of urea groups is 1. The van der Waals surface area contributed by atoms with Crippen LogP contribution in [0.4, 0.5) is 23.7 Å². The van der Waals surface area contributed by atoms with E-state index >= 15 is 0 Å². The Bertz CT molecular complexity index is 746. The molecule has 1 saturated heterocycles. The topological polar surface area (TPSA) is 78.5 Å². The number of anilines is 1. The highest BCUT2D eigenvalue weighted by atomic mass is 19.4. The highest BCUT2D eigenvalue weighted by Crippen LogP contribution is 2.42. The maximum Gasteiger partial charge on any atom is 0.416 e. The van der Waals surface area contributed by atoms with Crippen molar-refractivity contribution >= 4 is 23.5 Å². The summed E-state index contributed by atoms with van der Waals surface area (Å²) in [7, 11) is 0. The molecule has 0 bridgehead atoms. The van der Waals surface area contributed by atoms with Crippen molar-refractivity contribution in [2.45, 2.75) is 31.5 Å². The van der Waals surface area contributed by atoms with Crippen LogP contribution >= 0.6 is 0 Å². The highest BCUT2D eigenvalue weighted by Gasteiger charge is 2.56. The average Bonchev–Trinajstić information content (AvgIpc) is 3.33. The van der Waals surface area contributed by atoms with Gasteiger partial charge in [0.05, 0.1) is 5.56 Å². The maximum absolute atomic E-state index is 12.7. The fraction of sp³-hybridized carbons (Fsp3) is 0.438. The number of amides is 4. The first-order valence-corrected chi connectivity index (χ1v) is 7.72. The number of rotatable bonds is 4. The van der Waals surface area contributed by atoms with Crippen molar-refractivity contribution in [2.24, 2.45) is 5.92 Å². The lowest BCUT2D eigenvalue weighted by molar-refractivity contribution is -0.137. The zero-order valence-electron chi connectivity index (χ0n) is 13.3. The van der Waals surface area contributed by atoms with Gasteiger partial charge in [-0.15, -0.1) is 0 Å². The number of carbonyl (C=O) groups excluding carboxylic acids is 3. The lowest BCUT2D eigenvalue weighted by Gasteiger charge is -2.20. The molecule has 9 heteroatoms. The van der Waals surface area contributed by atoms with Crippen molar-refractivity contribution in [1.82, 2.24) is 10.2 Å². The van der Waals surface area contributed by atoms with Crippen molar-refractivity contribution in [3.8, 4) is 0 Å². The number of nitrogens with zero attached hydrogens (tertiary/aromatic N) is 1. The van der Waals surface area contributed by atoms with Crippen LogP contribution in [0.15, 0.2) is 24.3 Å². The number of hydrogen-bond donors (Lipinski definition) is 2. The molecule has 1 aliphatic heterocycles. The van der Waals surface area contributed by atoms with Crippen molar-refractivity contribution in [1.29, 1.82) is 0 Å². The summed E-state index contributed by atoms with van der Waals surface area (Å²) in [6.07, 6.45) is -2.88. The third-order valence-corrected chi connectivity index (χ3v) is 4.47. The van der Waals surface area contributed by atoms with Gasteiger partial charge in [-0.1, -0.05) is 6.07 Å². The Hall–Kier alpha value is -2.58. The summed E-state index contributed by atoms with van der Waals surface area (Å²) in [6.45, 7) is 1.07. The monoisotopic (exact) mass is 355 g/mol. The molecule has 2 fully saturated rings. The zero-order chi connectivity index (χ0) is 18.4. The molecule has 0 spiro atoms. The summed E-state index contributed by atoms with van der Waals surface area (Å²) in [5, 5.41) is 4.88. The predicted octanol–water partition coefficient (Wildman–Crippen LogP) is 2.36. The van der Waals surface area contributed by atoms with E-state index in [0.717, 1.165) is 35.9 Å². The second-order valence-electron chi connectivity index (χ2n) is 6.42. The van der Waals surface area contributed by atoms with E-state index in [0.29, 0.717) is 0 Å². The molecule has 1 aromatic carbocycles. The SMILES string of the molecule is CC1(C2CC2)NC(=O)N(CC(=O)Nc2cccc(C(F)(F)F)c2)C1=O. The molecule has 2 aliphatic rings. The van der Waals surface area contributed by atoms with E-state index in [1.807, 2.05) is 0 Å². The first-order chi connectivity index (χ1) is 11.6. The van der Waals surface area contributed by atoms with Gasteiger partial charge in [0.2, 0.25) is 5.91 Å². The van der Waals surface area contributed by atoms with Gasteiger partial charge < -0.3 is 10.6 Å². The zero-order valence-corrected chi connectivity index (χ0v) is 13.3. The lowest BCUT2D eigenvalue weighted by Crippen LogP contribution is -2.46. The molecule has 1 aromatic rings. The molecule has 1 aliphatic carbocycles. The van der Waals surface area contributed by atoms with Crippen LogP contribution in [-0.2, 0) is 15.8 Å². The number of hydrogen-bond acceptors (Lipinski definition) is 3. The Balaban J connectivity index is 1.67. The van der Waals surface area contributed by atoms with Gasteiger partial charge in [-0.05, 0) is 43.9 Å². The second kappa shape index (κ2) is 5.75. The van der Waals surface area contributed by atoms with Gasteiger partial charge in [0.15, 0.2) is 0 Å². The second-order valence-corrected chi connectivity index (χ2v) is 6.42. The summed E-state index contributed by atoms with van der Waals surface area (Å²) < 4.78 is 38.1. The molecule has 1 atom stereocenters. The van der Waals surface area contributed by atoms with Gasteiger partial charge in [0, 0.05) is 5.69 Å². The minimum atomic E-state index is -4.53. The maximum atomic E-state index is 12.7. The van der Waals surface area contributed by atoms with Gasteiger partial charge in [-0.25, -0.2) is 4.79 Å². The molecule has 1 saturated carbocycles. The minimum Gasteiger partial charge on any atom is -0.325 e. The van der Waals surface area contributed by atoms with E-state index in [2.05, 4.69) is 10.6 Å². The lowest BCUT2D eigenvalue weighted by atomic mass is 9.96. The Morgan fingerprint density at radius 2 is 2.04 bits per heavy atom. The van der Waals surface area contributed by atoms with Crippen LogP contribution in [0.3, 0.4) is 0 Å². The van der Waals surface area contributed by atoms with E-state index in [-0.39, 0.29) is 11.6 Å². The van der Waals surface area contributed by atoms with E-state index in [1.54, 1.807) is 6.92 Å². The molecular formula is C16H16F3N3O3. The van der Waals surface area contributed by atoms with Crippen LogP contribution in [0.1, 0.15) is 25.3 Å². The molecule has 3 rings (SSSR count). The van der Waals surface area contributed by atoms with Gasteiger partial charge in [-0.2, -0.15) is 13.2 Å². The normalized spacial score (nSPS) is 23.6. The predicted molar refractivity (Wildman–Crippen MR) is 81.4 cm³/mol. The molecule has 0 aromatic heterocycles. The molecule has 6 nitrogen and oxygen atoms in total. The first-order valence-electron chi connectivity index (χ1n) is 7.72. The van der Waals surface area contributed by atoms with Crippen LogP contribution in [0.25, 0.3) is 0 Å². The van der Waals surface area contributed by atoms with E-state index in [9.17, 15) is 27.6 Å². The summed E-state index contributed by atoms with van der Waals surface area (Å²) in [5.74, 6) is -1.18. The van der Waals surface area contributed by atoms with Crippen LogP contribution in [0.2, 0.25) is 0 Å². The van der Waals surface area contributed by atoms with Crippen LogP contribution in [-0.4, -0.2) is 34.8 Å². The van der Waals surface area contributed by atoms with E-state index in [4.69, 9.17) is 0 Å². The molecule has 134 valence electrons. The molecule has 1 heterocycles. The Morgan fingerprint density at radius 1 is 1.36 bits per heavy atom. The summed E-state index contributed by atoms with van der Waals surface area (Å²) in [6, 6.07) is 3.47. The Morgan fingerprint density at radius 3 is 2.64 bits per heavy atom. The minimum absolute atomic E-state index is 0.0560. The average molecular weight is 355 g/mol. The van der Waals surface area contributed by atoms with Crippen molar-refractivity contribution in [3.05, 3.63) is 29.8 Å². The van der Waals surface area contributed by atoms with Gasteiger partial charge >= 0.3 is 12.2 Å². The fourth-order valence-electron chi connectivity index (χ4n) is 2.91. The van der Waals surface area contributed by atoms with Crippen molar-refractivity contribution < 1.29 is 27.6 Å². The summed E-state index contributed by atoms with van der Waals surface area (Å²) in [4.78, 5) is 37.2. The smallest absolute Gasteiger partial charge is 0.325 e. The molecule has 2 N–H and O–H groups in total. The summed E-state index contributed by atoms with van der Waals surface area (Å²) in [5.41, 5.74) is -1.97. The molecule has 4 amide bonds. The van der Waals surface area contributed by atoms with E-state index in [1.165, 1.54) is 6.07 Å². The quantitative estimate of drug-likeness (QED) is 0.814. The van der Waals surface area contributed by atoms with Crippen LogP contribution in [0, 0.1) is 5.92 Å². The molecule has 25 heavy (non-hydrogen) atoms. The standard InChI is InChI=1S/C16H16F3N3O3/c1-15(9-5-6-9)13(24)22(14(25)21-15)8-12(23)20-11-4-2-3-10(7-11)16(17,18)19/h2-4,7,9H,5-6,8H2,1H3,(H,20,23)(H,21,25). The molecule has 1 unspecified atom stereocenters.